The van der Waals surface area contributed by atoms with E-state index in [0.29, 0.717) is 10.6 Å². The third-order valence-corrected chi connectivity index (χ3v) is 6.08. The summed E-state index contributed by atoms with van der Waals surface area (Å²) in [4.78, 5) is 0.311. The van der Waals surface area contributed by atoms with Crippen LogP contribution in [0, 0.1) is 6.92 Å². The molecular formula is C19H21NO2S. The lowest BCUT2D eigenvalue weighted by molar-refractivity contribution is 0.593. The van der Waals surface area contributed by atoms with Crippen LogP contribution in [0.1, 0.15) is 23.1 Å². The minimum Gasteiger partial charge on any atom is -0.263 e. The molecule has 3 rings (SSSR count). The van der Waals surface area contributed by atoms with Crippen LogP contribution in [-0.2, 0) is 22.9 Å². The normalized spacial score (nSPS) is 13.6. The van der Waals surface area contributed by atoms with Crippen molar-refractivity contribution in [2.45, 2.75) is 31.1 Å². The summed E-state index contributed by atoms with van der Waals surface area (Å²) in [5.74, 6) is 0. The van der Waals surface area contributed by atoms with Gasteiger partial charge in [-0.15, -0.1) is 6.58 Å². The zero-order valence-corrected chi connectivity index (χ0v) is 14.1. The predicted molar refractivity (Wildman–Crippen MR) is 94.4 cm³/mol. The second-order valence-corrected chi connectivity index (χ2v) is 7.81. The van der Waals surface area contributed by atoms with E-state index in [1.54, 1.807) is 18.2 Å². The van der Waals surface area contributed by atoms with Gasteiger partial charge in [0.1, 0.15) is 0 Å². The lowest BCUT2D eigenvalue weighted by Crippen LogP contribution is -2.31. The van der Waals surface area contributed by atoms with E-state index in [0.717, 1.165) is 24.8 Å². The highest BCUT2D eigenvalue weighted by atomic mass is 32.2. The molecule has 0 atom stereocenters. The molecule has 0 saturated carbocycles. The second-order valence-electron chi connectivity index (χ2n) is 5.94. The lowest BCUT2D eigenvalue weighted by Gasteiger charge is -2.24. The monoisotopic (exact) mass is 327 g/mol. The molecule has 0 spiro atoms. The highest BCUT2D eigenvalue weighted by molar-refractivity contribution is 7.92. The predicted octanol–water partition coefficient (Wildman–Crippen LogP) is 3.87. The second kappa shape index (κ2) is 6.20. The SMILES string of the molecule is C=CCN(c1ccc2c(c1)CCC2)S(=O)(=O)c1ccc(C)cc1. The molecule has 0 aliphatic heterocycles. The van der Waals surface area contributed by atoms with Gasteiger partial charge in [-0.1, -0.05) is 29.8 Å². The molecule has 120 valence electrons. The Morgan fingerprint density at radius 1 is 1.09 bits per heavy atom. The number of hydrogen-bond acceptors (Lipinski definition) is 2. The van der Waals surface area contributed by atoms with Crippen LogP contribution in [0.5, 0.6) is 0 Å². The van der Waals surface area contributed by atoms with Gasteiger partial charge in [-0.25, -0.2) is 8.42 Å². The number of rotatable bonds is 5. The Kier molecular flexibility index (Phi) is 4.26. The van der Waals surface area contributed by atoms with Crippen molar-refractivity contribution in [3.8, 4) is 0 Å². The molecule has 2 aromatic carbocycles. The molecule has 3 nitrogen and oxygen atoms in total. The van der Waals surface area contributed by atoms with Crippen LogP contribution in [0.25, 0.3) is 0 Å². The van der Waals surface area contributed by atoms with Gasteiger partial charge in [-0.05, 0) is 61.6 Å². The van der Waals surface area contributed by atoms with Crippen molar-refractivity contribution in [3.05, 3.63) is 71.8 Å². The van der Waals surface area contributed by atoms with Gasteiger partial charge in [0.15, 0.2) is 0 Å². The Morgan fingerprint density at radius 2 is 1.78 bits per heavy atom. The van der Waals surface area contributed by atoms with Gasteiger partial charge in [-0.2, -0.15) is 0 Å². The van der Waals surface area contributed by atoms with Crippen LogP contribution >= 0.6 is 0 Å². The number of sulfonamides is 1. The number of hydrogen-bond donors (Lipinski definition) is 0. The van der Waals surface area contributed by atoms with E-state index in [2.05, 4.69) is 12.6 Å². The first kappa shape index (κ1) is 15.8. The van der Waals surface area contributed by atoms with Crippen molar-refractivity contribution in [1.82, 2.24) is 0 Å². The Morgan fingerprint density at radius 3 is 2.48 bits per heavy atom. The third-order valence-electron chi connectivity index (χ3n) is 4.27. The highest BCUT2D eigenvalue weighted by Gasteiger charge is 2.25. The van der Waals surface area contributed by atoms with Gasteiger partial charge >= 0.3 is 0 Å². The Bertz CT molecular complexity index is 823. The zero-order chi connectivity index (χ0) is 16.4. The van der Waals surface area contributed by atoms with Gasteiger partial charge in [0.2, 0.25) is 0 Å². The van der Waals surface area contributed by atoms with Gasteiger partial charge in [0.05, 0.1) is 17.1 Å². The molecule has 0 heterocycles. The molecule has 1 aliphatic rings. The van der Waals surface area contributed by atoms with E-state index in [4.69, 9.17) is 0 Å². The molecule has 0 amide bonds. The summed E-state index contributed by atoms with van der Waals surface area (Å²) in [6.07, 6.45) is 4.88. The summed E-state index contributed by atoms with van der Waals surface area (Å²) < 4.78 is 27.5. The molecule has 0 fully saturated rings. The first-order valence-electron chi connectivity index (χ1n) is 7.84. The van der Waals surface area contributed by atoms with Crippen molar-refractivity contribution >= 4 is 15.7 Å². The summed E-state index contributed by atoms with van der Waals surface area (Å²) in [5.41, 5.74) is 4.35. The van der Waals surface area contributed by atoms with Gasteiger partial charge < -0.3 is 0 Å². The minimum absolute atomic E-state index is 0.259. The standard InChI is InChI=1S/C19H21NO2S/c1-3-13-20(18-10-9-16-5-4-6-17(16)14-18)23(21,22)19-11-7-15(2)8-12-19/h3,7-12,14H,1,4-6,13H2,2H3. The molecule has 0 aromatic heterocycles. The fourth-order valence-corrected chi connectivity index (χ4v) is 4.44. The summed E-state index contributed by atoms with van der Waals surface area (Å²) in [6, 6.07) is 12.9. The van der Waals surface area contributed by atoms with E-state index < -0.39 is 10.0 Å². The number of benzene rings is 2. The van der Waals surface area contributed by atoms with E-state index >= 15 is 0 Å². The van der Waals surface area contributed by atoms with Gasteiger partial charge in [-0.3, -0.25) is 4.31 Å². The maximum absolute atomic E-state index is 13.0. The van der Waals surface area contributed by atoms with E-state index in [1.165, 1.54) is 15.4 Å². The van der Waals surface area contributed by atoms with Crippen LogP contribution in [0.4, 0.5) is 5.69 Å². The molecule has 0 N–H and O–H groups in total. The Hall–Kier alpha value is -2.07. The summed E-state index contributed by atoms with van der Waals surface area (Å²) in [7, 11) is -3.59. The van der Waals surface area contributed by atoms with Crippen LogP contribution in [0.15, 0.2) is 60.0 Å². The molecule has 1 aliphatic carbocycles. The van der Waals surface area contributed by atoms with Gasteiger partial charge in [0.25, 0.3) is 10.0 Å². The van der Waals surface area contributed by atoms with E-state index in [9.17, 15) is 8.42 Å². The third kappa shape index (κ3) is 3.04. The molecule has 4 heteroatoms. The minimum atomic E-state index is -3.59. The maximum atomic E-state index is 13.0. The first-order chi connectivity index (χ1) is 11.0. The Labute approximate surface area is 138 Å². The van der Waals surface area contributed by atoms with Crippen molar-refractivity contribution in [3.63, 3.8) is 0 Å². The number of nitrogens with zero attached hydrogens (tertiary/aromatic N) is 1. The lowest BCUT2D eigenvalue weighted by atomic mass is 10.1. The topological polar surface area (TPSA) is 37.4 Å². The number of fused-ring (bicyclic) bond motifs is 1. The molecule has 0 saturated heterocycles. The molecular weight excluding hydrogens is 306 g/mol. The smallest absolute Gasteiger partial charge is 0.263 e. The zero-order valence-electron chi connectivity index (χ0n) is 13.3. The summed E-state index contributed by atoms with van der Waals surface area (Å²) >= 11 is 0. The average molecular weight is 327 g/mol. The highest BCUT2D eigenvalue weighted by Crippen LogP contribution is 2.30. The quantitative estimate of drug-likeness (QED) is 0.782. The van der Waals surface area contributed by atoms with Crippen LogP contribution in [-0.4, -0.2) is 15.0 Å². The van der Waals surface area contributed by atoms with Crippen LogP contribution in [0.2, 0.25) is 0 Å². The van der Waals surface area contributed by atoms with Crippen LogP contribution < -0.4 is 4.31 Å². The Balaban J connectivity index is 2.04. The maximum Gasteiger partial charge on any atom is 0.264 e. The van der Waals surface area contributed by atoms with Crippen molar-refractivity contribution in [2.24, 2.45) is 0 Å². The molecule has 0 radical (unpaired) electrons. The molecule has 0 bridgehead atoms. The van der Waals surface area contributed by atoms with Crippen molar-refractivity contribution in [1.29, 1.82) is 0 Å². The van der Waals surface area contributed by atoms with E-state index in [1.807, 2.05) is 31.2 Å². The first-order valence-corrected chi connectivity index (χ1v) is 9.28. The van der Waals surface area contributed by atoms with Crippen molar-refractivity contribution in [2.75, 3.05) is 10.8 Å². The van der Waals surface area contributed by atoms with Gasteiger partial charge in [0, 0.05) is 0 Å². The molecule has 23 heavy (non-hydrogen) atoms. The fourth-order valence-electron chi connectivity index (χ4n) is 3.01. The molecule has 0 unspecified atom stereocenters. The number of anilines is 1. The van der Waals surface area contributed by atoms with Crippen molar-refractivity contribution < 1.29 is 8.42 Å². The number of aryl methyl sites for hydroxylation is 3. The molecule has 2 aromatic rings. The fraction of sp³-hybridized carbons (Fsp3) is 0.263. The summed E-state index contributed by atoms with van der Waals surface area (Å²) in [6.45, 7) is 5.92. The summed E-state index contributed by atoms with van der Waals surface area (Å²) in [5, 5.41) is 0. The van der Waals surface area contributed by atoms with E-state index in [-0.39, 0.29) is 6.54 Å². The average Bonchev–Trinajstić information content (AvgIpc) is 3.00. The van der Waals surface area contributed by atoms with Crippen LogP contribution in [0.3, 0.4) is 0 Å². The largest absolute Gasteiger partial charge is 0.264 e.